The molecule has 0 unspecified atom stereocenters. The Morgan fingerprint density at radius 1 is 1.30 bits per heavy atom. The van der Waals surface area contributed by atoms with Crippen LogP contribution in [0.2, 0.25) is 0 Å². The Hall–Kier alpha value is -2.66. The molecule has 33 heavy (non-hydrogen) atoms. The Kier molecular flexibility index (Phi) is 6.12. The minimum absolute atomic E-state index is 0.0507. The molecule has 0 bridgehead atoms. The summed E-state index contributed by atoms with van der Waals surface area (Å²) in [5.41, 5.74) is 3.24. The van der Waals surface area contributed by atoms with Crippen molar-refractivity contribution in [1.29, 1.82) is 0 Å². The van der Waals surface area contributed by atoms with E-state index < -0.39 is 27.4 Å². The Morgan fingerprint density at radius 3 is 2.64 bits per heavy atom. The lowest BCUT2D eigenvalue weighted by atomic mass is 9.98. The maximum absolute atomic E-state index is 14.8. The molecule has 0 spiro atoms. The number of carbonyl (C=O) groups excluding carboxylic acids is 1. The fourth-order valence-corrected chi connectivity index (χ4v) is 6.42. The maximum Gasteiger partial charge on any atom is 0.354 e. The Morgan fingerprint density at radius 2 is 2.00 bits per heavy atom. The number of carbonyl (C=O) groups is 1. The van der Waals surface area contributed by atoms with Crippen molar-refractivity contribution in [1.82, 2.24) is 4.98 Å². The number of thiophene rings is 1. The van der Waals surface area contributed by atoms with Gasteiger partial charge in [0, 0.05) is 27.9 Å². The zero-order valence-electron chi connectivity index (χ0n) is 18.5. The van der Waals surface area contributed by atoms with Crippen molar-refractivity contribution in [3.8, 4) is 11.1 Å². The van der Waals surface area contributed by atoms with Gasteiger partial charge in [-0.15, -0.1) is 15.7 Å². The van der Waals surface area contributed by atoms with Crippen LogP contribution < -0.4 is 10.5 Å². The molecule has 0 fully saturated rings. The number of hydrogen-bond donors (Lipinski definition) is 3. The average molecular weight is 489 g/mol. The van der Waals surface area contributed by atoms with Gasteiger partial charge < -0.3 is 10.4 Å². The third-order valence-electron chi connectivity index (χ3n) is 5.54. The first kappa shape index (κ1) is 23.5. The number of nitrogens with one attached hydrogen (secondary N) is 1. The molecule has 4 rings (SSSR count). The molecule has 0 aliphatic heterocycles. The van der Waals surface area contributed by atoms with E-state index in [9.17, 15) is 18.5 Å². The highest BCUT2D eigenvalue weighted by Crippen LogP contribution is 2.39. The second-order valence-corrected chi connectivity index (χ2v) is 11.4. The molecule has 0 radical (unpaired) electrons. The van der Waals surface area contributed by atoms with Crippen molar-refractivity contribution in [3.05, 3.63) is 64.0 Å². The number of urea groups is 1. The SMILES string of the molecule is Cc1nc2c(c(NC(=O)N=[S@](N)(=O)c3scc(C(C)(C)O)c3F)c1-c1ccccc1)CCC2. The van der Waals surface area contributed by atoms with Gasteiger partial charge in [-0.1, -0.05) is 30.3 Å². The lowest BCUT2D eigenvalue weighted by Gasteiger charge is -2.17. The smallest absolute Gasteiger partial charge is 0.354 e. The first-order valence-corrected chi connectivity index (χ1v) is 12.9. The molecule has 2 amide bonds. The van der Waals surface area contributed by atoms with Gasteiger partial charge in [0.2, 0.25) is 0 Å². The fraction of sp³-hybridized carbons (Fsp3) is 0.304. The third-order valence-corrected chi connectivity index (χ3v) is 8.44. The number of amides is 2. The molecule has 1 aliphatic carbocycles. The van der Waals surface area contributed by atoms with Crippen LogP contribution in [0, 0.1) is 12.7 Å². The van der Waals surface area contributed by atoms with Crippen LogP contribution in [0.1, 0.15) is 42.8 Å². The number of hydrogen-bond acceptors (Lipinski definition) is 5. The number of pyridine rings is 1. The Bertz CT molecular complexity index is 1350. The molecule has 174 valence electrons. The number of fused-ring (bicyclic) bond motifs is 1. The van der Waals surface area contributed by atoms with Crippen molar-refractivity contribution in [3.63, 3.8) is 0 Å². The molecule has 2 aromatic heterocycles. The fourth-order valence-electron chi connectivity index (χ4n) is 4.04. The molecule has 0 saturated carbocycles. The summed E-state index contributed by atoms with van der Waals surface area (Å²) in [7, 11) is -3.87. The Labute approximate surface area is 196 Å². The summed E-state index contributed by atoms with van der Waals surface area (Å²) < 4.78 is 31.1. The van der Waals surface area contributed by atoms with Gasteiger partial charge in [-0.3, -0.25) is 4.98 Å². The molecule has 7 nitrogen and oxygen atoms in total. The zero-order chi connectivity index (χ0) is 24.0. The van der Waals surface area contributed by atoms with Gasteiger partial charge in [0.05, 0.1) is 11.3 Å². The van der Waals surface area contributed by atoms with E-state index in [1.165, 1.54) is 19.2 Å². The standard InChI is InChI=1S/C23H25FN4O3S2/c1-13-18(14-8-5-4-6-9-14)20(15-10-7-11-17(15)26-13)27-22(29)28-33(25,31)21-19(24)16(12-32-21)23(2,3)30/h4-6,8-9,12,30H,7,10-11H2,1-3H3,(H3,25,26,27,28,29,31)/t33-/m0/s1. The van der Waals surface area contributed by atoms with Gasteiger partial charge >= 0.3 is 6.03 Å². The van der Waals surface area contributed by atoms with Gasteiger partial charge in [-0.05, 0) is 51.2 Å². The van der Waals surface area contributed by atoms with Crippen molar-refractivity contribution in [2.24, 2.45) is 9.50 Å². The summed E-state index contributed by atoms with van der Waals surface area (Å²) >= 11 is 0.762. The molecule has 0 saturated heterocycles. The number of benzene rings is 1. The van der Waals surface area contributed by atoms with Crippen LogP contribution in [0.4, 0.5) is 14.9 Å². The van der Waals surface area contributed by atoms with Crippen LogP contribution in [-0.2, 0) is 28.4 Å². The van der Waals surface area contributed by atoms with Gasteiger partial charge in [0.1, 0.15) is 0 Å². The quantitative estimate of drug-likeness (QED) is 0.484. The molecule has 10 heteroatoms. The zero-order valence-corrected chi connectivity index (χ0v) is 20.1. The summed E-state index contributed by atoms with van der Waals surface area (Å²) in [6.07, 6.45) is 2.46. The molecular weight excluding hydrogens is 463 g/mol. The van der Waals surface area contributed by atoms with E-state index in [0.717, 1.165) is 58.7 Å². The molecule has 1 atom stereocenters. The number of rotatable bonds is 4. The lowest BCUT2D eigenvalue weighted by Crippen LogP contribution is -2.20. The largest absolute Gasteiger partial charge is 0.386 e. The van der Waals surface area contributed by atoms with Crippen LogP contribution in [0.3, 0.4) is 0 Å². The number of anilines is 1. The molecule has 1 aliphatic rings. The molecule has 4 N–H and O–H groups in total. The summed E-state index contributed by atoms with van der Waals surface area (Å²) in [5, 5.41) is 20.0. The van der Waals surface area contributed by atoms with Gasteiger partial charge in [0.15, 0.2) is 19.9 Å². The molecule has 3 aromatic rings. The highest BCUT2D eigenvalue weighted by molar-refractivity contribution is 7.93. The first-order chi connectivity index (χ1) is 15.5. The molecule has 1 aromatic carbocycles. The van der Waals surface area contributed by atoms with E-state index in [-0.39, 0.29) is 9.77 Å². The normalized spacial score (nSPS) is 15.1. The van der Waals surface area contributed by atoms with Gasteiger partial charge in [-0.25, -0.2) is 18.5 Å². The number of halogens is 1. The number of aromatic nitrogens is 1. The van der Waals surface area contributed by atoms with E-state index in [0.29, 0.717) is 5.69 Å². The topological polar surface area (TPSA) is 118 Å². The average Bonchev–Trinajstić information content (AvgIpc) is 3.34. The second-order valence-electron chi connectivity index (χ2n) is 8.49. The van der Waals surface area contributed by atoms with E-state index in [2.05, 4.69) is 9.68 Å². The highest BCUT2D eigenvalue weighted by atomic mass is 32.2. The Balaban J connectivity index is 1.76. The molecule has 2 heterocycles. The predicted molar refractivity (Wildman–Crippen MR) is 128 cm³/mol. The van der Waals surface area contributed by atoms with E-state index in [1.807, 2.05) is 37.3 Å². The lowest BCUT2D eigenvalue weighted by molar-refractivity contribution is 0.0748. The van der Waals surface area contributed by atoms with Crippen molar-refractivity contribution in [2.75, 3.05) is 5.32 Å². The maximum atomic E-state index is 14.8. The van der Waals surface area contributed by atoms with Crippen LogP contribution in [-0.4, -0.2) is 20.3 Å². The van der Waals surface area contributed by atoms with Crippen LogP contribution in [0.5, 0.6) is 0 Å². The molecular formula is C23H25FN4O3S2. The minimum atomic E-state index is -3.87. The first-order valence-electron chi connectivity index (χ1n) is 10.4. The van der Waals surface area contributed by atoms with Gasteiger partial charge in [0.25, 0.3) is 0 Å². The second kappa shape index (κ2) is 8.60. The number of aliphatic hydroxyl groups is 1. The van der Waals surface area contributed by atoms with E-state index in [1.54, 1.807) is 0 Å². The number of nitrogens with zero attached hydrogens (tertiary/aromatic N) is 2. The summed E-state index contributed by atoms with van der Waals surface area (Å²) in [5.74, 6) is -0.915. The van der Waals surface area contributed by atoms with Crippen molar-refractivity contribution < 1.29 is 18.5 Å². The predicted octanol–water partition coefficient (Wildman–Crippen LogP) is 4.91. The monoisotopic (exact) mass is 488 g/mol. The summed E-state index contributed by atoms with van der Waals surface area (Å²) in [6, 6.07) is 8.59. The van der Waals surface area contributed by atoms with E-state index >= 15 is 0 Å². The number of aryl methyl sites for hydroxylation is 2. The highest BCUT2D eigenvalue weighted by Gasteiger charge is 2.29. The minimum Gasteiger partial charge on any atom is -0.386 e. The van der Waals surface area contributed by atoms with Crippen LogP contribution in [0.25, 0.3) is 11.1 Å². The van der Waals surface area contributed by atoms with Crippen LogP contribution in [0.15, 0.2) is 44.3 Å². The van der Waals surface area contributed by atoms with Gasteiger partial charge in [-0.2, -0.15) is 0 Å². The van der Waals surface area contributed by atoms with E-state index in [4.69, 9.17) is 10.1 Å². The summed E-state index contributed by atoms with van der Waals surface area (Å²) in [6.45, 7) is 4.68. The third kappa shape index (κ3) is 4.56. The van der Waals surface area contributed by atoms with Crippen molar-refractivity contribution in [2.45, 2.75) is 49.8 Å². The summed E-state index contributed by atoms with van der Waals surface area (Å²) in [4.78, 5) is 17.6. The van der Waals surface area contributed by atoms with Crippen molar-refractivity contribution >= 4 is 33.0 Å². The number of nitrogens with two attached hydrogens (primary N) is 1. The van der Waals surface area contributed by atoms with Crippen LogP contribution >= 0.6 is 11.3 Å².